The van der Waals surface area contributed by atoms with E-state index in [9.17, 15) is 4.79 Å². The zero-order chi connectivity index (χ0) is 9.35. The first-order valence-electron chi connectivity index (χ1n) is 4.32. The molecule has 0 atom stereocenters. The monoisotopic (exact) mass is 168 g/mol. The second kappa shape index (κ2) is 2.92. The van der Waals surface area contributed by atoms with Gasteiger partial charge in [0.15, 0.2) is 0 Å². The van der Waals surface area contributed by atoms with Gasteiger partial charge in [0.05, 0.1) is 0 Å². The first-order valence-corrected chi connectivity index (χ1v) is 4.32. The molecule has 1 aliphatic rings. The Morgan fingerprint density at radius 1 is 1.42 bits per heavy atom. The Balaban J connectivity index is 2.81. The summed E-state index contributed by atoms with van der Waals surface area (Å²) in [6.07, 6.45) is 1.79. The molecule has 0 aliphatic carbocycles. The summed E-state index contributed by atoms with van der Waals surface area (Å²) in [6.45, 7) is 7.81. The average molecular weight is 168 g/mol. The van der Waals surface area contributed by atoms with E-state index in [-0.39, 0.29) is 11.6 Å². The summed E-state index contributed by atoms with van der Waals surface area (Å²) >= 11 is 0. The van der Waals surface area contributed by atoms with Gasteiger partial charge in [0.1, 0.15) is 5.60 Å². The maximum Gasteiger partial charge on any atom is 0.334 e. The number of ether oxygens (including phenoxy) is 1. The topological polar surface area (TPSA) is 26.3 Å². The summed E-state index contributed by atoms with van der Waals surface area (Å²) in [7, 11) is 0. The Hall–Kier alpha value is -0.790. The van der Waals surface area contributed by atoms with E-state index in [1.807, 2.05) is 27.7 Å². The van der Waals surface area contributed by atoms with Crippen LogP contribution in [-0.4, -0.2) is 11.6 Å². The molecule has 0 bridgehead atoms. The van der Waals surface area contributed by atoms with E-state index in [4.69, 9.17) is 4.74 Å². The first-order chi connectivity index (χ1) is 5.42. The number of rotatable bonds is 0. The summed E-state index contributed by atoms with van der Waals surface area (Å²) < 4.78 is 5.25. The standard InChI is InChI=1S/C10H16O2/c1-7(2)8-5-6-10(3,4)12-9(8)11/h5-6H2,1-4H3. The van der Waals surface area contributed by atoms with E-state index in [0.717, 1.165) is 24.0 Å². The molecule has 1 aliphatic heterocycles. The van der Waals surface area contributed by atoms with Crippen LogP contribution >= 0.6 is 0 Å². The quantitative estimate of drug-likeness (QED) is 0.410. The van der Waals surface area contributed by atoms with E-state index < -0.39 is 0 Å². The van der Waals surface area contributed by atoms with Crippen LogP contribution in [0, 0.1) is 0 Å². The van der Waals surface area contributed by atoms with Crippen molar-refractivity contribution in [2.75, 3.05) is 0 Å². The number of allylic oxidation sites excluding steroid dienone is 1. The largest absolute Gasteiger partial charge is 0.456 e. The predicted octanol–water partition coefficient (Wildman–Crippen LogP) is 2.44. The van der Waals surface area contributed by atoms with Gasteiger partial charge in [0, 0.05) is 5.57 Å². The van der Waals surface area contributed by atoms with E-state index in [2.05, 4.69) is 0 Å². The van der Waals surface area contributed by atoms with Gasteiger partial charge in [0.25, 0.3) is 0 Å². The lowest BCUT2D eigenvalue weighted by Gasteiger charge is -2.31. The molecule has 12 heavy (non-hydrogen) atoms. The summed E-state index contributed by atoms with van der Waals surface area (Å²) in [6, 6.07) is 0. The van der Waals surface area contributed by atoms with Crippen LogP contribution in [0.25, 0.3) is 0 Å². The molecule has 1 fully saturated rings. The number of hydrogen-bond donors (Lipinski definition) is 0. The fourth-order valence-electron chi connectivity index (χ4n) is 1.35. The highest BCUT2D eigenvalue weighted by molar-refractivity contribution is 5.90. The van der Waals surface area contributed by atoms with Gasteiger partial charge in [-0.05, 0) is 40.5 Å². The molecule has 0 saturated carbocycles. The molecule has 0 radical (unpaired) electrons. The lowest BCUT2D eigenvalue weighted by Crippen LogP contribution is -2.34. The minimum Gasteiger partial charge on any atom is -0.456 e. The van der Waals surface area contributed by atoms with Gasteiger partial charge in [0.2, 0.25) is 0 Å². The SMILES string of the molecule is CC(C)=C1CCC(C)(C)OC1=O. The number of cyclic esters (lactones) is 1. The Labute approximate surface area is 73.6 Å². The molecule has 2 heteroatoms. The van der Waals surface area contributed by atoms with Crippen LogP contribution in [0.1, 0.15) is 40.5 Å². The van der Waals surface area contributed by atoms with Gasteiger partial charge in [-0.1, -0.05) is 5.57 Å². The molecule has 0 aromatic carbocycles. The summed E-state index contributed by atoms with van der Waals surface area (Å²) in [5, 5.41) is 0. The summed E-state index contributed by atoms with van der Waals surface area (Å²) in [5.41, 5.74) is 1.67. The van der Waals surface area contributed by atoms with Gasteiger partial charge in [-0.3, -0.25) is 0 Å². The highest BCUT2D eigenvalue weighted by atomic mass is 16.6. The van der Waals surface area contributed by atoms with Gasteiger partial charge in [-0.15, -0.1) is 0 Å². The molecule has 0 spiro atoms. The summed E-state index contributed by atoms with van der Waals surface area (Å²) in [4.78, 5) is 11.4. The lowest BCUT2D eigenvalue weighted by molar-refractivity contribution is -0.156. The Morgan fingerprint density at radius 3 is 2.42 bits per heavy atom. The van der Waals surface area contributed by atoms with Crippen molar-refractivity contribution < 1.29 is 9.53 Å². The normalized spacial score (nSPS) is 22.0. The maximum absolute atomic E-state index is 11.4. The first kappa shape index (κ1) is 9.30. The van der Waals surface area contributed by atoms with E-state index in [1.165, 1.54) is 0 Å². The van der Waals surface area contributed by atoms with E-state index in [1.54, 1.807) is 0 Å². The van der Waals surface area contributed by atoms with Gasteiger partial charge in [-0.2, -0.15) is 0 Å². The van der Waals surface area contributed by atoms with Crippen LogP contribution in [0.3, 0.4) is 0 Å². The van der Waals surface area contributed by atoms with Crippen molar-refractivity contribution in [3.05, 3.63) is 11.1 Å². The van der Waals surface area contributed by atoms with Crippen LogP contribution < -0.4 is 0 Å². The molecule has 0 amide bonds. The molecule has 0 unspecified atom stereocenters. The minimum atomic E-state index is -0.268. The molecule has 1 saturated heterocycles. The Kier molecular flexibility index (Phi) is 2.27. The molecule has 0 aromatic rings. The zero-order valence-electron chi connectivity index (χ0n) is 8.23. The van der Waals surface area contributed by atoms with E-state index >= 15 is 0 Å². The minimum absolute atomic E-state index is 0.133. The average Bonchev–Trinajstić information content (AvgIpc) is 1.83. The van der Waals surface area contributed by atoms with Crippen molar-refractivity contribution in [2.24, 2.45) is 0 Å². The maximum atomic E-state index is 11.4. The molecule has 1 rings (SSSR count). The third kappa shape index (κ3) is 1.87. The Bertz CT molecular complexity index is 232. The second-order valence-electron chi connectivity index (χ2n) is 4.13. The van der Waals surface area contributed by atoms with Gasteiger partial charge >= 0.3 is 5.97 Å². The second-order valence-corrected chi connectivity index (χ2v) is 4.13. The van der Waals surface area contributed by atoms with Crippen LogP contribution in [0.2, 0.25) is 0 Å². The lowest BCUT2D eigenvalue weighted by atomic mass is 9.93. The van der Waals surface area contributed by atoms with Gasteiger partial charge in [-0.25, -0.2) is 4.79 Å². The highest BCUT2D eigenvalue weighted by Gasteiger charge is 2.31. The Morgan fingerprint density at radius 2 is 2.00 bits per heavy atom. The van der Waals surface area contributed by atoms with Crippen LogP contribution in [0.5, 0.6) is 0 Å². The number of carbonyl (C=O) groups is 1. The molecular formula is C10H16O2. The zero-order valence-corrected chi connectivity index (χ0v) is 8.23. The molecule has 68 valence electrons. The summed E-state index contributed by atoms with van der Waals surface area (Å²) in [5.74, 6) is -0.133. The van der Waals surface area contributed by atoms with Crippen molar-refractivity contribution in [2.45, 2.75) is 46.1 Å². The van der Waals surface area contributed by atoms with Crippen LogP contribution in [0.15, 0.2) is 11.1 Å². The third-order valence-electron chi connectivity index (χ3n) is 2.20. The highest BCUT2D eigenvalue weighted by Crippen LogP contribution is 2.29. The van der Waals surface area contributed by atoms with Crippen molar-refractivity contribution in [1.82, 2.24) is 0 Å². The van der Waals surface area contributed by atoms with Crippen molar-refractivity contribution in [3.63, 3.8) is 0 Å². The molecular weight excluding hydrogens is 152 g/mol. The number of esters is 1. The van der Waals surface area contributed by atoms with Crippen molar-refractivity contribution in [1.29, 1.82) is 0 Å². The molecule has 0 N–H and O–H groups in total. The van der Waals surface area contributed by atoms with Crippen molar-refractivity contribution in [3.8, 4) is 0 Å². The smallest absolute Gasteiger partial charge is 0.334 e. The van der Waals surface area contributed by atoms with Crippen molar-refractivity contribution >= 4 is 5.97 Å². The third-order valence-corrected chi connectivity index (χ3v) is 2.20. The molecule has 2 nitrogen and oxygen atoms in total. The fourth-order valence-corrected chi connectivity index (χ4v) is 1.35. The van der Waals surface area contributed by atoms with E-state index in [0.29, 0.717) is 0 Å². The predicted molar refractivity (Wildman–Crippen MR) is 47.8 cm³/mol. The molecule has 0 aromatic heterocycles. The van der Waals surface area contributed by atoms with Crippen LogP contribution in [0.4, 0.5) is 0 Å². The fraction of sp³-hybridized carbons (Fsp3) is 0.700. The number of carbonyl (C=O) groups excluding carboxylic acids is 1. The molecule has 1 heterocycles. The van der Waals surface area contributed by atoms with Gasteiger partial charge < -0.3 is 4.74 Å². The number of hydrogen-bond acceptors (Lipinski definition) is 2. The van der Waals surface area contributed by atoms with Crippen LogP contribution in [-0.2, 0) is 9.53 Å².